The number of fused-ring (bicyclic) bond motifs is 4. The monoisotopic (exact) mass is 287 g/mol. The molecular weight excluding hydrogens is 270 g/mol. The normalized spacial score (nSPS) is 29.6. The number of hydrogen-bond acceptors (Lipinski definition) is 2. The highest BCUT2D eigenvalue weighted by molar-refractivity contribution is 6.04. The molecule has 2 fully saturated rings. The van der Waals surface area contributed by atoms with Gasteiger partial charge in [0.15, 0.2) is 0 Å². The fraction of sp³-hybridized carbons (Fsp3) is 0.316. The number of nitrogens with zero attached hydrogens (tertiary/aromatic N) is 1. The predicted molar refractivity (Wildman–Crippen MR) is 88.5 cm³/mol. The van der Waals surface area contributed by atoms with Gasteiger partial charge in [-0.15, -0.1) is 6.42 Å². The maximum Gasteiger partial charge on any atom is 0.124 e. The van der Waals surface area contributed by atoms with E-state index in [0.717, 1.165) is 33.2 Å². The molecule has 1 saturated heterocycles. The van der Waals surface area contributed by atoms with Gasteiger partial charge in [-0.25, -0.2) is 4.98 Å². The third-order valence-corrected chi connectivity index (χ3v) is 5.41. The van der Waals surface area contributed by atoms with E-state index in [1.165, 1.54) is 12.8 Å². The van der Waals surface area contributed by atoms with Crippen LogP contribution < -0.4 is 5.32 Å². The molecule has 1 aromatic heterocycles. The summed E-state index contributed by atoms with van der Waals surface area (Å²) in [4.78, 5) is 8.40. The van der Waals surface area contributed by atoms with Crippen LogP contribution in [0, 0.1) is 17.8 Å². The second-order valence-corrected chi connectivity index (χ2v) is 7.00. The third-order valence-electron chi connectivity index (χ3n) is 5.41. The van der Waals surface area contributed by atoms with Crippen molar-refractivity contribution in [3.8, 4) is 12.3 Å². The molecule has 0 bridgehead atoms. The Kier molecular flexibility index (Phi) is 2.18. The first-order valence-electron chi connectivity index (χ1n) is 7.81. The molecule has 5 rings (SSSR count). The number of benzene rings is 2. The van der Waals surface area contributed by atoms with Gasteiger partial charge in [0.1, 0.15) is 5.82 Å². The van der Waals surface area contributed by atoms with Crippen molar-refractivity contribution in [3.05, 3.63) is 41.7 Å². The van der Waals surface area contributed by atoms with Crippen molar-refractivity contribution in [2.45, 2.75) is 31.8 Å². The highest BCUT2D eigenvalue weighted by Gasteiger charge is 2.57. The largest absolute Gasteiger partial charge is 0.341 e. The quantitative estimate of drug-likeness (QED) is 0.672. The molecule has 1 aliphatic heterocycles. The Morgan fingerprint density at radius 3 is 2.95 bits per heavy atom. The molecular formula is C19H17N3. The van der Waals surface area contributed by atoms with Crippen LogP contribution in [0.15, 0.2) is 30.3 Å². The standard InChI is InChI=1S/C19H17N3/c1-3-11-4-6-13-12(8-11)5-7-14-17(13)22-18(21-14)15-9-19(2)10-16(19)20-15/h1,4-8,15-16,20H,9-10H2,2H3,(H,21,22). The Bertz CT molecular complexity index is 962. The van der Waals surface area contributed by atoms with Crippen molar-refractivity contribution < 1.29 is 0 Å². The number of H-pyrrole nitrogens is 1. The lowest BCUT2D eigenvalue weighted by Gasteiger charge is -2.10. The zero-order valence-electron chi connectivity index (χ0n) is 12.5. The topological polar surface area (TPSA) is 40.7 Å². The molecule has 1 saturated carbocycles. The minimum absolute atomic E-state index is 0.358. The second-order valence-electron chi connectivity index (χ2n) is 7.00. The van der Waals surface area contributed by atoms with E-state index in [0.29, 0.717) is 17.5 Å². The van der Waals surface area contributed by atoms with Crippen LogP contribution in [-0.4, -0.2) is 16.0 Å². The van der Waals surface area contributed by atoms with Crippen molar-refractivity contribution in [2.75, 3.05) is 0 Å². The van der Waals surface area contributed by atoms with E-state index < -0.39 is 0 Å². The molecule has 2 N–H and O–H groups in total. The molecule has 0 radical (unpaired) electrons. The molecule has 2 heterocycles. The van der Waals surface area contributed by atoms with E-state index in [-0.39, 0.29) is 0 Å². The van der Waals surface area contributed by atoms with Crippen molar-refractivity contribution >= 4 is 21.8 Å². The van der Waals surface area contributed by atoms with Crippen LogP contribution in [0.3, 0.4) is 0 Å². The Morgan fingerprint density at radius 1 is 1.27 bits per heavy atom. The Labute approximate surface area is 129 Å². The molecule has 3 heteroatoms. The predicted octanol–water partition coefficient (Wildman–Crippen LogP) is 3.51. The van der Waals surface area contributed by atoms with Crippen molar-refractivity contribution in [2.24, 2.45) is 5.41 Å². The lowest BCUT2D eigenvalue weighted by atomic mass is 10.0. The van der Waals surface area contributed by atoms with Gasteiger partial charge in [-0.1, -0.05) is 25.0 Å². The van der Waals surface area contributed by atoms with E-state index in [2.05, 4.69) is 41.3 Å². The number of aromatic amines is 1. The van der Waals surface area contributed by atoms with Gasteiger partial charge in [-0.2, -0.15) is 0 Å². The van der Waals surface area contributed by atoms with Gasteiger partial charge in [0.2, 0.25) is 0 Å². The molecule has 108 valence electrons. The van der Waals surface area contributed by atoms with Crippen LogP contribution in [0.1, 0.15) is 37.2 Å². The number of nitrogens with one attached hydrogen (secondary N) is 2. The summed E-state index contributed by atoms with van der Waals surface area (Å²) in [6.07, 6.45) is 7.97. The molecule has 3 nitrogen and oxygen atoms in total. The Morgan fingerprint density at radius 2 is 2.18 bits per heavy atom. The zero-order chi connectivity index (χ0) is 14.9. The summed E-state index contributed by atoms with van der Waals surface area (Å²) in [5, 5.41) is 6.00. The minimum atomic E-state index is 0.358. The van der Waals surface area contributed by atoms with E-state index in [1.54, 1.807) is 0 Å². The van der Waals surface area contributed by atoms with Crippen LogP contribution in [0.4, 0.5) is 0 Å². The van der Waals surface area contributed by atoms with Gasteiger partial charge >= 0.3 is 0 Å². The molecule has 1 aliphatic carbocycles. The molecule has 0 amide bonds. The fourth-order valence-corrected chi connectivity index (χ4v) is 3.91. The summed E-state index contributed by atoms with van der Waals surface area (Å²) in [7, 11) is 0. The van der Waals surface area contributed by atoms with Crippen LogP contribution >= 0.6 is 0 Å². The molecule has 22 heavy (non-hydrogen) atoms. The van der Waals surface area contributed by atoms with Crippen LogP contribution in [0.5, 0.6) is 0 Å². The highest BCUT2D eigenvalue weighted by Crippen LogP contribution is 2.57. The SMILES string of the molecule is C#Cc1ccc2c(ccc3[nH]c(C4CC5(C)CC5N4)nc32)c1. The van der Waals surface area contributed by atoms with E-state index in [4.69, 9.17) is 11.4 Å². The number of imidazole rings is 1. The molecule has 3 atom stereocenters. The number of aromatic nitrogens is 2. The van der Waals surface area contributed by atoms with Gasteiger partial charge in [-0.05, 0) is 41.8 Å². The average Bonchev–Trinajstić information content (AvgIpc) is 2.91. The number of rotatable bonds is 1. The summed E-state index contributed by atoms with van der Waals surface area (Å²) >= 11 is 0. The van der Waals surface area contributed by atoms with Crippen molar-refractivity contribution in [1.82, 2.24) is 15.3 Å². The van der Waals surface area contributed by atoms with Gasteiger partial charge in [0.25, 0.3) is 0 Å². The molecule has 2 aromatic carbocycles. The second kappa shape index (κ2) is 3.91. The summed E-state index contributed by atoms with van der Waals surface area (Å²) in [6, 6.07) is 11.4. The third kappa shape index (κ3) is 1.59. The van der Waals surface area contributed by atoms with Crippen molar-refractivity contribution in [3.63, 3.8) is 0 Å². The van der Waals surface area contributed by atoms with Gasteiger partial charge in [0.05, 0.1) is 17.1 Å². The fourth-order valence-electron chi connectivity index (χ4n) is 3.91. The van der Waals surface area contributed by atoms with E-state index >= 15 is 0 Å². The summed E-state index contributed by atoms with van der Waals surface area (Å²) in [5.41, 5.74) is 3.55. The minimum Gasteiger partial charge on any atom is -0.341 e. The molecule has 2 aliphatic rings. The lowest BCUT2D eigenvalue weighted by molar-refractivity contribution is 0.489. The van der Waals surface area contributed by atoms with Gasteiger partial charge in [-0.3, -0.25) is 0 Å². The number of terminal acetylenes is 1. The smallest absolute Gasteiger partial charge is 0.124 e. The average molecular weight is 287 g/mol. The molecule has 3 unspecified atom stereocenters. The summed E-state index contributed by atoms with van der Waals surface area (Å²) in [5.74, 6) is 3.76. The van der Waals surface area contributed by atoms with E-state index in [1.807, 2.05) is 12.1 Å². The molecule has 0 spiro atoms. The Balaban J connectivity index is 1.64. The number of hydrogen-bond donors (Lipinski definition) is 2. The zero-order valence-corrected chi connectivity index (χ0v) is 12.5. The maximum atomic E-state index is 5.49. The molecule has 3 aromatic rings. The van der Waals surface area contributed by atoms with E-state index in [9.17, 15) is 0 Å². The van der Waals surface area contributed by atoms with Crippen LogP contribution in [0.2, 0.25) is 0 Å². The van der Waals surface area contributed by atoms with Crippen molar-refractivity contribution in [1.29, 1.82) is 0 Å². The summed E-state index contributed by atoms with van der Waals surface area (Å²) in [6.45, 7) is 2.37. The first-order chi connectivity index (χ1) is 10.7. The number of piperidine rings is 1. The van der Waals surface area contributed by atoms with Gasteiger partial charge in [0, 0.05) is 17.0 Å². The Hall–Kier alpha value is -2.31. The maximum absolute atomic E-state index is 5.49. The summed E-state index contributed by atoms with van der Waals surface area (Å²) < 4.78 is 0. The first-order valence-corrected chi connectivity index (χ1v) is 7.81. The van der Waals surface area contributed by atoms with Crippen LogP contribution in [-0.2, 0) is 0 Å². The highest BCUT2D eigenvalue weighted by atomic mass is 15.1. The first kappa shape index (κ1) is 12.3. The van der Waals surface area contributed by atoms with Crippen LogP contribution in [0.25, 0.3) is 21.8 Å². The van der Waals surface area contributed by atoms with Gasteiger partial charge < -0.3 is 10.3 Å². The lowest BCUT2D eigenvalue weighted by Crippen LogP contribution is -2.18.